The second kappa shape index (κ2) is 8.40. The Morgan fingerprint density at radius 3 is 2.58 bits per heavy atom. The lowest BCUT2D eigenvalue weighted by Crippen LogP contribution is -2.65. The number of nitrogens with one attached hydrogen (secondary N) is 1. The number of hydrogen-bond acceptors (Lipinski definition) is 3. The first-order valence-electron chi connectivity index (χ1n) is 12.2. The van der Waals surface area contributed by atoms with Crippen LogP contribution in [-0.4, -0.2) is 28.0 Å². The van der Waals surface area contributed by atoms with Gasteiger partial charge in [0.1, 0.15) is 11.2 Å². The number of hydrogen-bond donors (Lipinski definition) is 1. The highest BCUT2D eigenvalue weighted by Gasteiger charge is 2.49. The molecule has 2 amide bonds. The van der Waals surface area contributed by atoms with Crippen LogP contribution in [-0.2, 0) is 11.3 Å². The van der Waals surface area contributed by atoms with Crippen molar-refractivity contribution in [2.75, 3.05) is 4.90 Å². The molecule has 1 N–H and O–H groups in total. The molecule has 0 radical (unpaired) electrons. The third kappa shape index (κ3) is 3.65. The molecule has 5 rings (SSSR count). The number of nitrogens with zero attached hydrogens (tertiary/aromatic N) is 2. The van der Waals surface area contributed by atoms with Gasteiger partial charge < -0.3 is 14.3 Å². The average molecular weight is 448 g/mol. The van der Waals surface area contributed by atoms with Crippen LogP contribution >= 0.6 is 0 Å². The Hall–Kier alpha value is -3.02. The third-order valence-electron chi connectivity index (χ3n) is 7.65. The van der Waals surface area contributed by atoms with Crippen molar-refractivity contribution in [1.29, 1.82) is 0 Å². The average Bonchev–Trinajstić information content (AvgIpc) is 3.35. The van der Waals surface area contributed by atoms with Gasteiger partial charge in [-0.05, 0) is 50.8 Å². The SMILES string of the molecule is Cc1cccc(N2C(=O)c3cc4occc4n3C[C@@]2(C)C(=O)NC2CCCCCCC2)c1C. The highest BCUT2D eigenvalue weighted by atomic mass is 16.3. The Morgan fingerprint density at radius 1 is 1.09 bits per heavy atom. The van der Waals surface area contributed by atoms with Gasteiger partial charge in [-0.2, -0.15) is 0 Å². The number of rotatable bonds is 3. The van der Waals surface area contributed by atoms with E-state index in [1.54, 1.807) is 17.2 Å². The Labute approximate surface area is 194 Å². The van der Waals surface area contributed by atoms with Crippen molar-refractivity contribution < 1.29 is 14.0 Å². The van der Waals surface area contributed by atoms with Crippen molar-refractivity contribution >= 4 is 28.6 Å². The van der Waals surface area contributed by atoms with E-state index in [9.17, 15) is 9.59 Å². The summed E-state index contributed by atoms with van der Waals surface area (Å²) >= 11 is 0. The van der Waals surface area contributed by atoms with Gasteiger partial charge in [0.05, 0.1) is 18.3 Å². The van der Waals surface area contributed by atoms with Crippen molar-refractivity contribution in [3.63, 3.8) is 0 Å². The molecule has 0 spiro atoms. The first-order chi connectivity index (χ1) is 15.9. The zero-order valence-corrected chi connectivity index (χ0v) is 19.8. The lowest BCUT2D eigenvalue weighted by molar-refractivity contribution is -0.127. The quantitative estimate of drug-likeness (QED) is 0.576. The highest BCUT2D eigenvalue weighted by Crippen LogP contribution is 2.38. The molecule has 1 atom stereocenters. The predicted molar refractivity (Wildman–Crippen MR) is 130 cm³/mol. The predicted octanol–water partition coefficient (Wildman–Crippen LogP) is 5.50. The van der Waals surface area contributed by atoms with Gasteiger partial charge in [0.15, 0.2) is 5.58 Å². The van der Waals surface area contributed by atoms with E-state index in [1.807, 2.05) is 49.6 Å². The maximum absolute atomic E-state index is 14.0. The van der Waals surface area contributed by atoms with Gasteiger partial charge in [0, 0.05) is 23.9 Å². The van der Waals surface area contributed by atoms with Crippen LogP contribution in [0.1, 0.15) is 73.5 Å². The smallest absolute Gasteiger partial charge is 0.276 e. The number of carbonyl (C=O) groups excluding carboxylic acids is 2. The summed E-state index contributed by atoms with van der Waals surface area (Å²) < 4.78 is 7.53. The summed E-state index contributed by atoms with van der Waals surface area (Å²) in [6, 6.07) is 9.76. The van der Waals surface area contributed by atoms with Crippen molar-refractivity contribution in [1.82, 2.24) is 9.88 Å². The second-order valence-corrected chi connectivity index (χ2v) is 9.93. The summed E-state index contributed by atoms with van der Waals surface area (Å²) in [5, 5.41) is 3.35. The van der Waals surface area contributed by atoms with E-state index in [4.69, 9.17) is 4.42 Å². The van der Waals surface area contributed by atoms with Gasteiger partial charge in [0.2, 0.25) is 5.91 Å². The zero-order valence-electron chi connectivity index (χ0n) is 19.8. The normalized spacial score (nSPS) is 22.2. The van der Waals surface area contributed by atoms with Gasteiger partial charge in [-0.15, -0.1) is 0 Å². The van der Waals surface area contributed by atoms with E-state index >= 15 is 0 Å². The first-order valence-corrected chi connectivity index (χ1v) is 12.2. The number of amides is 2. The number of aromatic nitrogens is 1. The summed E-state index contributed by atoms with van der Waals surface area (Å²) in [4.78, 5) is 29.6. The summed E-state index contributed by atoms with van der Waals surface area (Å²) in [5.74, 6) is -0.255. The molecule has 6 nitrogen and oxygen atoms in total. The Bertz CT molecular complexity index is 1200. The monoisotopic (exact) mass is 447 g/mol. The molecular weight excluding hydrogens is 414 g/mol. The lowest BCUT2D eigenvalue weighted by atomic mass is 9.90. The van der Waals surface area contributed by atoms with Crippen molar-refractivity contribution in [2.45, 2.75) is 83.8 Å². The molecule has 3 aromatic rings. The molecule has 0 unspecified atom stereocenters. The molecular formula is C27H33N3O3. The van der Waals surface area contributed by atoms with Gasteiger partial charge in [-0.25, -0.2) is 0 Å². The van der Waals surface area contributed by atoms with Crippen LogP contribution in [0.25, 0.3) is 11.1 Å². The number of aryl methyl sites for hydroxylation is 1. The molecule has 174 valence electrons. The summed E-state index contributed by atoms with van der Waals surface area (Å²) in [6.45, 7) is 6.34. The number of fused-ring (bicyclic) bond motifs is 3. The van der Waals surface area contributed by atoms with Gasteiger partial charge in [-0.3, -0.25) is 14.5 Å². The molecule has 0 saturated heterocycles. The van der Waals surface area contributed by atoms with E-state index in [0.717, 1.165) is 48.0 Å². The van der Waals surface area contributed by atoms with Crippen LogP contribution in [0.2, 0.25) is 0 Å². The second-order valence-electron chi connectivity index (χ2n) is 9.93. The molecule has 6 heteroatoms. The van der Waals surface area contributed by atoms with Gasteiger partial charge in [-0.1, -0.05) is 44.2 Å². The van der Waals surface area contributed by atoms with E-state index < -0.39 is 5.54 Å². The van der Waals surface area contributed by atoms with Crippen LogP contribution in [0.3, 0.4) is 0 Å². The van der Waals surface area contributed by atoms with Gasteiger partial charge in [0.25, 0.3) is 5.91 Å². The molecule has 1 fully saturated rings. The number of carbonyl (C=O) groups is 2. The van der Waals surface area contributed by atoms with E-state index in [1.165, 1.54) is 19.3 Å². The maximum Gasteiger partial charge on any atom is 0.276 e. The number of benzene rings is 1. The minimum absolute atomic E-state index is 0.0849. The fourth-order valence-electron chi connectivity index (χ4n) is 5.51. The largest absolute Gasteiger partial charge is 0.463 e. The zero-order chi connectivity index (χ0) is 23.2. The molecule has 2 aliphatic rings. The number of furan rings is 1. The van der Waals surface area contributed by atoms with E-state index in [0.29, 0.717) is 17.8 Å². The molecule has 1 aromatic carbocycles. The highest BCUT2D eigenvalue weighted by molar-refractivity contribution is 6.14. The van der Waals surface area contributed by atoms with Crippen molar-refractivity contribution in [3.05, 3.63) is 53.4 Å². The first kappa shape index (κ1) is 21.8. The minimum Gasteiger partial charge on any atom is -0.463 e. The summed E-state index contributed by atoms with van der Waals surface area (Å²) in [6.07, 6.45) is 9.64. The van der Waals surface area contributed by atoms with Crippen LogP contribution in [0, 0.1) is 13.8 Å². The molecule has 33 heavy (non-hydrogen) atoms. The minimum atomic E-state index is -1.06. The molecule has 1 aliphatic heterocycles. The molecule has 0 bridgehead atoms. The molecule has 2 aromatic heterocycles. The fraction of sp³-hybridized carbons (Fsp3) is 0.481. The Kier molecular flexibility index (Phi) is 5.55. The van der Waals surface area contributed by atoms with E-state index in [2.05, 4.69) is 5.32 Å². The topological polar surface area (TPSA) is 67.5 Å². The van der Waals surface area contributed by atoms with Crippen LogP contribution in [0.4, 0.5) is 5.69 Å². The maximum atomic E-state index is 14.0. The number of anilines is 1. The molecule has 3 heterocycles. The van der Waals surface area contributed by atoms with E-state index in [-0.39, 0.29) is 17.9 Å². The van der Waals surface area contributed by atoms with Crippen LogP contribution in [0.5, 0.6) is 0 Å². The third-order valence-corrected chi connectivity index (χ3v) is 7.65. The molecule has 1 aliphatic carbocycles. The fourth-order valence-corrected chi connectivity index (χ4v) is 5.51. The lowest BCUT2D eigenvalue weighted by Gasteiger charge is -2.45. The Balaban J connectivity index is 1.58. The van der Waals surface area contributed by atoms with Crippen molar-refractivity contribution in [3.8, 4) is 0 Å². The van der Waals surface area contributed by atoms with Crippen LogP contribution in [0.15, 0.2) is 41.0 Å². The standard InChI is InChI=1S/C27H33N3O3/c1-18-10-9-13-21(19(18)2)30-25(31)23-16-24-22(14-15-33-24)29(23)17-27(30,3)26(32)28-20-11-7-5-4-6-8-12-20/h9-10,13-16,20H,4-8,11-12,17H2,1-3H3,(H,28,32)/t27-/m0/s1. The summed E-state index contributed by atoms with van der Waals surface area (Å²) in [7, 11) is 0. The molecule has 1 saturated carbocycles. The van der Waals surface area contributed by atoms with Gasteiger partial charge >= 0.3 is 0 Å². The Morgan fingerprint density at radius 2 is 1.82 bits per heavy atom. The van der Waals surface area contributed by atoms with Crippen LogP contribution < -0.4 is 10.2 Å². The summed E-state index contributed by atoms with van der Waals surface area (Å²) in [5.41, 5.74) is 3.92. The van der Waals surface area contributed by atoms with Crippen molar-refractivity contribution in [2.24, 2.45) is 0 Å².